The minimum Gasteiger partial charge on any atom is -0.469 e. The van der Waals surface area contributed by atoms with E-state index in [1.165, 1.54) is 7.11 Å². The lowest BCUT2D eigenvalue weighted by atomic mass is 9.69. The summed E-state index contributed by atoms with van der Waals surface area (Å²) in [6.45, 7) is 1.15. The Balaban J connectivity index is 1.68. The van der Waals surface area contributed by atoms with Crippen molar-refractivity contribution in [2.45, 2.75) is 37.7 Å². The average Bonchev–Trinajstić information content (AvgIpc) is 2.92. The first-order valence-electron chi connectivity index (χ1n) is 6.98. The van der Waals surface area contributed by atoms with Crippen molar-refractivity contribution in [1.29, 1.82) is 0 Å². The molecule has 19 heavy (non-hydrogen) atoms. The maximum atomic E-state index is 11.6. The van der Waals surface area contributed by atoms with E-state index in [1.54, 1.807) is 0 Å². The number of hydrogen-bond acceptors (Lipinski definition) is 4. The summed E-state index contributed by atoms with van der Waals surface area (Å²) in [7, 11) is 1.45. The van der Waals surface area contributed by atoms with Crippen LogP contribution in [0.25, 0.3) is 0 Å². The van der Waals surface area contributed by atoms with Gasteiger partial charge in [-0.2, -0.15) is 0 Å². The van der Waals surface area contributed by atoms with Crippen LogP contribution in [-0.2, 0) is 14.3 Å². The van der Waals surface area contributed by atoms with E-state index in [9.17, 15) is 9.90 Å². The van der Waals surface area contributed by atoms with Crippen LogP contribution in [-0.4, -0.2) is 37.0 Å². The first kappa shape index (κ1) is 13.0. The highest BCUT2D eigenvalue weighted by atomic mass is 16.5. The molecule has 4 fully saturated rings. The van der Waals surface area contributed by atoms with Gasteiger partial charge >= 0.3 is 5.97 Å². The van der Waals surface area contributed by atoms with Crippen molar-refractivity contribution in [3.8, 4) is 11.8 Å². The molecule has 1 atom stereocenters. The molecule has 0 aromatic carbocycles. The fraction of sp³-hybridized carbons (Fsp3) is 0.800. The van der Waals surface area contributed by atoms with Crippen LogP contribution in [0.1, 0.15) is 32.1 Å². The first-order valence-corrected chi connectivity index (χ1v) is 6.98. The van der Waals surface area contributed by atoms with Crippen molar-refractivity contribution < 1.29 is 19.4 Å². The predicted octanol–water partition coefficient (Wildman–Crippen LogP) is 1.12. The topological polar surface area (TPSA) is 55.8 Å². The highest BCUT2D eigenvalue weighted by Gasteiger charge is 2.58. The fourth-order valence-electron chi connectivity index (χ4n) is 3.65. The molecule has 0 amide bonds. The Morgan fingerprint density at radius 1 is 1.26 bits per heavy atom. The number of fused-ring (bicyclic) bond motifs is 1. The van der Waals surface area contributed by atoms with Gasteiger partial charge in [-0.3, -0.25) is 4.79 Å². The Morgan fingerprint density at radius 3 is 2.58 bits per heavy atom. The van der Waals surface area contributed by atoms with Crippen molar-refractivity contribution in [1.82, 2.24) is 0 Å². The average molecular weight is 264 g/mol. The molecule has 1 aliphatic heterocycles. The number of methoxy groups -OCH3 is 1. The normalized spacial score (nSPS) is 38.8. The van der Waals surface area contributed by atoms with Crippen LogP contribution in [0.5, 0.6) is 0 Å². The SMILES string of the molecule is COC(=O)C1CC2(C#CC3(O)CCOCC3)CC1C2. The van der Waals surface area contributed by atoms with Gasteiger partial charge in [0.25, 0.3) is 0 Å². The third-order valence-electron chi connectivity index (χ3n) is 4.87. The molecule has 4 nitrogen and oxygen atoms in total. The van der Waals surface area contributed by atoms with Crippen LogP contribution in [0.4, 0.5) is 0 Å². The quantitative estimate of drug-likeness (QED) is 0.569. The summed E-state index contributed by atoms with van der Waals surface area (Å²) >= 11 is 0. The summed E-state index contributed by atoms with van der Waals surface area (Å²) in [6, 6.07) is 0. The van der Waals surface area contributed by atoms with E-state index in [0.717, 1.165) is 19.3 Å². The van der Waals surface area contributed by atoms with E-state index < -0.39 is 5.60 Å². The van der Waals surface area contributed by atoms with E-state index in [2.05, 4.69) is 11.8 Å². The van der Waals surface area contributed by atoms with Gasteiger partial charge in [0.15, 0.2) is 0 Å². The molecule has 4 heteroatoms. The van der Waals surface area contributed by atoms with Crippen LogP contribution in [0.2, 0.25) is 0 Å². The molecule has 3 aliphatic carbocycles. The van der Waals surface area contributed by atoms with Gasteiger partial charge in [-0.1, -0.05) is 11.8 Å². The number of carbonyl (C=O) groups is 1. The van der Waals surface area contributed by atoms with Crippen molar-refractivity contribution in [3.05, 3.63) is 0 Å². The van der Waals surface area contributed by atoms with E-state index in [4.69, 9.17) is 9.47 Å². The van der Waals surface area contributed by atoms with Crippen molar-refractivity contribution in [2.24, 2.45) is 17.3 Å². The minimum absolute atomic E-state index is 0.0173. The van der Waals surface area contributed by atoms with Crippen LogP contribution in [0.15, 0.2) is 0 Å². The molecule has 2 bridgehead atoms. The summed E-state index contributed by atoms with van der Waals surface area (Å²) in [5.41, 5.74) is -0.932. The minimum atomic E-state index is -0.887. The molecule has 0 aromatic rings. The molecular formula is C15H20O4. The zero-order chi connectivity index (χ0) is 13.5. The van der Waals surface area contributed by atoms with Gasteiger partial charge in [-0.05, 0) is 25.2 Å². The number of aliphatic hydroxyl groups is 1. The molecular weight excluding hydrogens is 244 g/mol. The molecule has 1 N–H and O–H groups in total. The second kappa shape index (κ2) is 4.50. The molecule has 0 radical (unpaired) electrons. The van der Waals surface area contributed by atoms with Crippen molar-refractivity contribution in [2.75, 3.05) is 20.3 Å². The third-order valence-corrected chi connectivity index (χ3v) is 4.87. The Morgan fingerprint density at radius 2 is 1.95 bits per heavy atom. The standard InChI is InChI=1S/C15H20O4/c1-18-13(16)12-10-14(8-11(12)9-14)2-3-15(17)4-6-19-7-5-15/h11-12,17H,4-10H2,1H3. The summed E-state index contributed by atoms with van der Waals surface area (Å²) in [4.78, 5) is 11.6. The highest BCUT2D eigenvalue weighted by Crippen LogP contribution is 2.61. The molecule has 4 aliphatic rings. The second-order valence-corrected chi connectivity index (χ2v) is 6.18. The van der Waals surface area contributed by atoms with Gasteiger partial charge in [-0.25, -0.2) is 0 Å². The van der Waals surface area contributed by atoms with Gasteiger partial charge < -0.3 is 14.6 Å². The molecule has 0 aromatic heterocycles. The van der Waals surface area contributed by atoms with E-state index in [1.807, 2.05) is 0 Å². The van der Waals surface area contributed by atoms with Crippen LogP contribution in [0.3, 0.4) is 0 Å². The fourth-order valence-corrected chi connectivity index (χ4v) is 3.65. The zero-order valence-corrected chi connectivity index (χ0v) is 11.3. The Labute approximate surface area is 113 Å². The molecule has 4 rings (SSSR count). The number of carbonyl (C=O) groups excluding carboxylic acids is 1. The van der Waals surface area contributed by atoms with Crippen LogP contribution in [0, 0.1) is 29.1 Å². The molecule has 1 saturated heterocycles. The van der Waals surface area contributed by atoms with Gasteiger partial charge in [0.05, 0.1) is 26.2 Å². The molecule has 1 unspecified atom stereocenters. The molecule has 3 saturated carbocycles. The zero-order valence-electron chi connectivity index (χ0n) is 11.3. The second-order valence-electron chi connectivity index (χ2n) is 6.18. The summed E-state index contributed by atoms with van der Waals surface area (Å²) in [5.74, 6) is 6.70. The van der Waals surface area contributed by atoms with Gasteiger partial charge in [-0.15, -0.1) is 0 Å². The lowest BCUT2D eigenvalue weighted by Gasteiger charge is -2.34. The lowest BCUT2D eigenvalue weighted by molar-refractivity contribution is -0.146. The monoisotopic (exact) mass is 264 g/mol. The van der Waals surface area contributed by atoms with Gasteiger partial charge in [0, 0.05) is 18.3 Å². The number of rotatable bonds is 1. The highest BCUT2D eigenvalue weighted by molar-refractivity contribution is 5.74. The molecule has 0 spiro atoms. The summed E-state index contributed by atoms with van der Waals surface area (Å²) in [5, 5.41) is 10.3. The largest absolute Gasteiger partial charge is 0.469 e. The molecule has 104 valence electrons. The van der Waals surface area contributed by atoms with E-state index in [0.29, 0.717) is 32.0 Å². The van der Waals surface area contributed by atoms with Gasteiger partial charge in [0.2, 0.25) is 0 Å². The maximum Gasteiger partial charge on any atom is 0.308 e. The summed E-state index contributed by atoms with van der Waals surface area (Å²) < 4.78 is 10.1. The van der Waals surface area contributed by atoms with E-state index in [-0.39, 0.29) is 17.3 Å². The Bertz CT molecular complexity index is 433. The molecule has 1 heterocycles. The van der Waals surface area contributed by atoms with Crippen LogP contribution < -0.4 is 0 Å². The third kappa shape index (κ3) is 2.26. The smallest absolute Gasteiger partial charge is 0.308 e. The Hall–Kier alpha value is -1.05. The maximum absolute atomic E-state index is 11.6. The van der Waals surface area contributed by atoms with Crippen molar-refractivity contribution in [3.63, 3.8) is 0 Å². The summed E-state index contributed by atoms with van der Waals surface area (Å²) in [6.07, 6.45) is 3.92. The van der Waals surface area contributed by atoms with Crippen molar-refractivity contribution >= 4 is 5.97 Å². The first-order chi connectivity index (χ1) is 9.06. The number of esters is 1. The van der Waals surface area contributed by atoms with Gasteiger partial charge in [0.1, 0.15) is 5.60 Å². The predicted molar refractivity (Wildman–Crippen MR) is 68.1 cm³/mol. The number of hydrogen-bond donors (Lipinski definition) is 1. The number of ether oxygens (including phenoxy) is 2. The van der Waals surface area contributed by atoms with E-state index >= 15 is 0 Å². The lowest BCUT2D eigenvalue weighted by Crippen LogP contribution is -2.35. The Kier molecular flexibility index (Phi) is 3.07. The van der Waals surface area contributed by atoms with Crippen LogP contribution >= 0.6 is 0 Å².